The molecule has 0 saturated carbocycles. The van der Waals surface area contributed by atoms with E-state index < -0.39 is 0 Å². The van der Waals surface area contributed by atoms with Gasteiger partial charge in [0.2, 0.25) is 5.78 Å². The van der Waals surface area contributed by atoms with Crippen LogP contribution in [0, 0.1) is 0 Å². The Bertz CT molecular complexity index is 843. The van der Waals surface area contributed by atoms with Crippen LogP contribution in [0.25, 0.3) is 0 Å². The smallest absolute Gasteiger partial charge is 0.216 e. The van der Waals surface area contributed by atoms with E-state index in [-0.39, 0.29) is 12.4 Å². The quantitative estimate of drug-likeness (QED) is 0.117. The molecule has 0 aliphatic carbocycles. The molecule has 2 rings (SSSR count). The number of aryl methyl sites for hydroxylation is 1. The highest BCUT2D eigenvalue weighted by atomic mass is 16.3. The fraction of sp³-hybridized carbons (Fsp3) is 0.581. The number of ketones is 1. The number of hydrogen-bond donors (Lipinski definition) is 3. The van der Waals surface area contributed by atoms with Crippen molar-refractivity contribution in [3.05, 3.63) is 65.7 Å². The number of Topliss-reactive ketones (excluding diaryl/α,β-unsaturated/α-hetero) is 1. The Morgan fingerprint density at radius 3 is 2.00 bits per heavy atom. The number of likely N-dealkylation sites (N-methyl/N-ethyl adjacent to an activating group) is 1. The van der Waals surface area contributed by atoms with Gasteiger partial charge in [-0.15, -0.1) is 0 Å². The van der Waals surface area contributed by atoms with Crippen LogP contribution < -0.4 is 5.32 Å². The van der Waals surface area contributed by atoms with Crippen molar-refractivity contribution in [3.8, 4) is 5.75 Å². The molecule has 0 radical (unpaired) electrons. The van der Waals surface area contributed by atoms with Crippen molar-refractivity contribution in [2.24, 2.45) is 0 Å². The topological polar surface area (TPSA) is 69.6 Å². The van der Waals surface area contributed by atoms with E-state index in [0.29, 0.717) is 23.3 Å². The second-order valence-corrected chi connectivity index (χ2v) is 10.4. The Morgan fingerprint density at radius 2 is 1.33 bits per heavy atom. The summed E-state index contributed by atoms with van der Waals surface area (Å²) in [5, 5.41) is 22.8. The summed E-state index contributed by atoms with van der Waals surface area (Å²) in [6, 6.07) is 17.1. The molecular weight excluding hydrogens is 448 g/mol. The number of aliphatic hydroxyl groups excluding tert-OH is 1. The number of para-hydroxylation sites is 1. The molecule has 1 atom stereocenters. The molecule has 0 bridgehead atoms. The predicted molar refractivity (Wildman–Crippen MR) is 149 cm³/mol. The molecule has 0 aromatic heterocycles. The van der Waals surface area contributed by atoms with Crippen LogP contribution in [-0.4, -0.2) is 66.9 Å². The van der Waals surface area contributed by atoms with Gasteiger partial charge < -0.3 is 20.0 Å². The van der Waals surface area contributed by atoms with E-state index in [4.69, 9.17) is 0 Å². The van der Waals surface area contributed by atoms with Gasteiger partial charge in [0.15, 0.2) is 0 Å². The minimum atomic E-state index is 0.117. The summed E-state index contributed by atoms with van der Waals surface area (Å²) in [5.74, 6) is 0.571. The average Bonchev–Trinajstić information content (AvgIpc) is 2.88. The van der Waals surface area contributed by atoms with Gasteiger partial charge in [-0.05, 0) is 56.8 Å². The third kappa shape index (κ3) is 12.7. The van der Waals surface area contributed by atoms with Crippen LogP contribution in [0.5, 0.6) is 5.75 Å². The molecule has 36 heavy (non-hydrogen) atoms. The van der Waals surface area contributed by atoms with Crippen LogP contribution in [0.4, 0.5) is 0 Å². The number of aromatic hydroxyl groups is 1. The van der Waals surface area contributed by atoms with E-state index in [1.807, 2.05) is 48.5 Å². The van der Waals surface area contributed by atoms with Gasteiger partial charge in [0.1, 0.15) is 18.8 Å². The minimum absolute atomic E-state index is 0.117. The van der Waals surface area contributed by atoms with Crippen molar-refractivity contribution in [2.45, 2.75) is 70.6 Å². The van der Waals surface area contributed by atoms with Crippen LogP contribution in [-0.2, 0) is 6.42 Å². The highest BCUT2D eigenvalue weighted by Crippen LogP contribution is 2.17. The maximum atomic E-state index is 12.6. The number of nitrogens with zero attached hydrogens (tertiary/aromatic N) is 1. The van der Waals surface area contributed by atoms with Gasteiger partial charge in [-0.1, -0.05) is 87.1 Å². The van der Waals surface area contributed by atoms with Crippen LogP contribution in [0.15, 0.2) is 54.6 Å². The molecule has 0 aliphatic rings. The highest BCUT2D eigenvalue weighted by molar-refractivity contribution is 5.96. The molecule has 5 nitrogen and oxygen atoms in total. The Balaban J connectivity index is 1.42. The van der Waals surface area contributed by atoms with Gasteiger partial charge in [0, 0.05) is 5.56 Å². The number of nitrogens with one attached hydrogen (secondary N) is 1. The second kappa shape index (κ2) is 18.1. The molecule has 0 amide bonds. The van der Waals surface area contributed by atoms with Crippen molar-refractivity contribution in [1.82, 2.24) is 5.32 Å². The third-order valence-corrected chi connectivity index (χ3v) is 7.10. The molecule has 3 N–H and O–H groups in total. The van der Waals surface area contributed by atoms with Gasteiger partial charge in [-0.25, -0.2) is 0 Å². The van der Waals surface area contributed by atoms with E-state index in [1.165, 1.54) is 51.4 Å². The molecule has 2 aromatic rings. The van der Waals surface area contributed by atoms with Gasteiger partial charge in [-0.3, -0.25) is 4.79 Å². The first-order valence-corrected chi connectivity index (χ1v) is 14.0. The molecule has 0 fully saturated rings. The highest BCUT2D eigenvalue weighted by Gasteiger charge is 2.25. The maximum absolute atomic E-state index is 12.6. The van der Waals surface area contributed by atoms with Gasteiger partial charge in [0.05, 0.1) is 20.2 Å². The monoisotopic (exact) mass is 497 g/mol. The van der Waals surface area contributed by atoms with E-state index in [1.54, 1.807) is 6.07 Å². The van der Waals surface area contributed by atoms with Gasteiger partial charge in [-0.2, -0.15) is 0 Å². The number of carbonyl (C=O) groups excluding carboxylic acids is 1. The van der Waals surface area contributed by atoms with Crippen molar-refractivity contribution in [1.29, 1.82) is 0 Å². The zero-order valence-electron chi connectivity index (χ0n) is 22.5. The predicted octanol–water partition coefficient (Wildman–Crippen LogP) is 5.75. The summed E-state index contributed by atoms with van der Waals surface area (Å²) in [6.07, 6.45) is 13.3. The SMILES string of the molecule is C[N+](CCO)(CCCCCCCCCCCNCCCc1ccccc1O)CC(=O)c1ccccc1. The lowest BCUT2D eigenvalue weighted by Gasteiger charge is -2.33. The molecule has 2 aromatic carbocycles. The Kier molecular flexibility index (Phi) is 15.1. The number of aliphatic hydroxyl groups is 1. The van der Waals surface area contributed by atoms with Crippen molar-refractivity contribution in [3.63, 3.8) is 0 Å². The lowest BCUT2D eigenvalue weighted by atomic mass is 10.1. The first kappa shape index (κ1) is 30.0. The number of rotatable bonds is 21. The number of phenolic OH excluding ortho intramolecular Hbond substituents is 1. The Morgan fingerprint density at radius 1 is 0.750 bits per heavy atom. The number of hydrogen-bond acceptors (Lipinski definition) is 4. The number of quaternary nitrogens is 1. The van der Waals surface area contributed by atoms with Gasteiger partial charge in [0.25, 0.3) is 0 Å². The summed E-state index contributed by atoms with van der Waals surface area (Å²) >= 11 is 0. The fourth-order valence-electron chi connectivity index (χ4n) is 4.81. The molecule has 0 spiro atoms. The molecule has 5 heteroatoms. The number of carbonyl (C=O) groups is 1. The first-order valence-electron chi connectivity index (χ1n) is 14.0. The lowest BCUT2D eigenvalue weighted by Crippen LogP contribution is -2.50. The summed E-state index contributed by atoms with van der Waals surface area (Å²) < 4.78 is 0.618. The van der Waals surface area contributed by atoms with E-state index in [0.717, 1.165) is 50.0 Å². The zero-order chi connectivity index (χ0) is 25.9. The lowest BCUT2D eigenvalue weighted by molar-refractivity contribution is -0.902. The van der Waals surface area contributed by atoms with Crippen LogP contribution in [0.1, 0.15) is 80.1 Å². The molecule has 1 unspecified atom stereocenters. The Labute approximate surface area is 219 Å². The van der Waals surface area contributed by atoms with Crippen LogP contribution in [0.3, 0.4) is 0 Å². The molecule has 0 aliphatic heterocycles. The molecule has 200 valence electrons. The number of unbranched alkanes of at least 4 members (excludes halogenated alkanes) is 8. The van der Waals surface area contributed by atoms with Crippen molar-refractivity contribution in [2.75, 3.05) is 46.4 Å². The van der Waals surface area contributed by atoms with Crippen LogP contribution >= 0.6 is 0 Å². The summed E-state index contributed by atoms with van der Waals surface area (Å²) in [7, 11) is 2.10. The third-order valence-electron chi connectivity index (χ3n) is 7.10. The summed E-state index contributed by atoms with van der Waals surface area (Å²) in [4.78, 5) is 12.6. The van der Waals surface area contributed by atoms with E-state index in [9.17, 15) is 15.0 Å². The fourth-order valence-corrected chi connectivity index (χ4v) is 4.81. The zero-order valence-corrected chi connectivity index (χ0v) is 22.5. The van der Waals surface area contributed by atoms with E-state index in [2.05, 4.69) is 12.4 Å². The van der Waals surface area contributed by atoms with Gasteiger partial charge >= 0.3 is 0 Å². The van der Waals surface area contributed by atoms with Crippen LogP contribution in [0.2, 0.25) is 0 Å². The molecular formula is C31H49N2O3+. The standard InChI is InChI=1S/C31H48N2O3/c1-33(25-26-34,27-31(36)29-17-10-9-11-18-29)24-15-8-6-4-2-3-5-7-14-22-32-23-16-20-28-19-12-13-21-30(28)35/h9-13,17-19,21,32,34H,2-8,14-16,20,22-27H2,1H3/p+1. The van der Waals surface area contributed by atoms with Crippen molar-refractivity contribution < 1.29 is 19.5 Å². The maximum Gasteiger partial charge on any atom is 0.216 e. The van der Waals surface area contributed by atoms with Crippen molar-refractivity contribution >= 4 is 5.78 Å². The summed E-state index contributed by atoms with van der Waals surface area (Å²) in [5.41, 5.74) is 1.80. The van der Waals surface area contributed by atoms with E-state index >= 15 is 0 Å². The normalized spacial score (nSPS) is 12.9. The molecule has 0 saturated heterocycles. The first-order chi connectivity index (χ1) is 17.5. The second-order valence-electron chi connectivity index (χ2n) is 10.4. The largest absolute Gasteiger partial charge is 0.508 e. The molecule has 0 heterocycles. The number of phenols is 1. The number of benzene rings is 2. The average molecular weight is 498 g/mol. The minimum Gasteiger partial charge on any atom is -0.508 e. The summed E-state index contributed by atoms with van der Waals surface area (Å²) in [6.45, 7) is 4.23. The Hall–Kier alpha value is -2.21.